The largest absolute Gasteiger partial charge is 0.340 e. The minimum Gasteiger partial charge on any atom is -0.340 e. The van der Waals surface area contributed by atoms with Gasteiger partial charge in [0, 0.05) is 19.1 Å². The number of hydrogen-bond donors (Lipinski definition) is 1. The van der Waals surface area contributed by atoms with Crippen molar-refractivity contribution in [2.75, 3.05) is 31.9 Å². The number of likely N-dealkylation sites (tertiary alicyclic amines) is 2. The fraction of sp³-hybridized carbons (Fsp3) is 0.900. The van der Waals surface area contributed by atoms with E-state index >= 15 is 0 Å². The maximum atomic E-state index is 11.4. The fourth-order valence-electron chi connectivity index (χ4n) is 2.47. The molecular formula is C10H18N2OS. The number of rotatable bonds is 2. The lowest BCUT2D eigenvalue weighted by molar-refractivity contribution is -0.127. The second kappa shape index (κ2) is 4.53. The van der Waals surface area contributed by atoms with Crippen LogP contribution in [0.15, 0.2) is 0 Å². The molecule has 0 N–H and O–H groups in total. The zero-order valence-corrected chi connectivity index (χ0v) is 9.38. The molecule has 2 heterocycles. The Morgan fingerprint density at radius 2 is 2.00 bits per heavy atom. The van der Waals surface area contributed by atoms with Gasteiger partial charge in [-0.1, -0.05) is 0 Å². The summed E-state index contributed by atoms with van der Waals surface area (Å²) in [6, 6.07) is 0.626. The Labute approximate surface area is 90.8 Å². The van der Waals surface area contributed by atoms with Gasteiger partial charge in [-0.05, 0) is 32.4 Å². The molecule has 14 heavy (non-hydrogen) atoms. The van der Waals surface area contributed by atoms with E-state index in [0.717, 1.165) is 19.5 Å². The summed E-state index contributed by atoms with van der Waals surface area (Å²) in [5, 5.41) is 0. The Bertz CT molecular complexity index is 216. The van der Waals surface area contributed by atoms with E-state index in [1.54, 1.807) is 0 Å². The highest BCUT2D eigenvalue weighted by Crippen LogP contribution is 2.20. The third kappa shape index (κ3) is 2.06. The standard InChI is InChI=1S/C10H18N2OS/c13-10(8-14)12-6-3-9(7-12)11-4-1-2-5-11/h9,14H,1-8H2. The summed E-state index contributed by atoms with van der Waals surface area (Å²) in [5.74, 6) is 0.544. The molecule has 2 aliphatic heterocycles. The maximum Gasteiger partial charge on any atom is 0.232 e. The monoisotopic (exact) mass is 214 g/mol. The topological polar surface area (TPSA) is 23.6 Å². The number of thiol groups is 1. The van der Waals surface area contributed by atoms with Crippen LogP contribution in [0.2, 0.25) is 0 Å². The summed E-state index contributed by atoms with van der Waals surface area (Å²) in [4.78, 5) is 15.9. The average molecular weight is 214 g/mol. The lowest BCUT2D eigenvalue weighted by Crippen LogP contribution is -2.37. The van der Waals surface area contributed by atoms with E-state index in [1.165, 1.54) is 25.9 Å². The summed E-state index contributed by atoms with van der Waals surface area (Å²) in [5.41, 5.74) is 0. The van der Waals surface area contributed by atoms with Crippen molar-refractivity contribution in [2.45, 2.75) is 25.3 Å². The van der Waals surface area contributed by atoms with Crippen LogP contribution in [-0.4, -0.2) is 53.7 Å². The average Bonchev–Trinajstić information content (AvgIpc) is 2.86. The van der Waals surface area contributed by atoms with Crippen molar-refractivity contribution < 1.29 is 4.79 Å². The van der Waals surface area contributed by atoms with Crippen LogP contribution in [0.5, 0.6) is 0 Å². The van der Waals surface area contributed by atoms with E-state index in [1.807, 2.05) is 4.90 Å². The molecule has 3 nitrogen and oxygen atoms in total. The predicted octanol–water partition coefficient (Wildman–Crippen LogP) is 0.613. The van der Waals surface area contributed by atoms with Crippen LogP contribution in [0.25, 0.3) is 0 Å². The highest BCUT2D eigenvalue weighted by atomic mass is 32.1. The minimum atomic E-state index is 0.190. The molecule has 2 saturated heterocycles. The molecule has 2 aliphatic rings. The normalized spacial score (nSPS) is 28.6. The number of carbonyl (C=O) groups is 1. The molecule has 2 fully saturated rings. The highest BCUT2D eigenvalue weighted by Gasteiger charge is 2.30. The molecule has 0 aliphatic carbocycles. The van der Waals surface area contributed by atoms with E-state index in [2.05, 4.69) is 17.5 Å². The highest BCUT2D eigenvalue weighted by molar-refractivity contribution is 7.81. The SMILES string of the molecule is O=C(CS)N1CCC(N2CCCC2)C1. The molecule has 0 bridgehead atoms. The van der Waals surface area contributed by atoms with Crippen molar-refractivity contribution in [3.8, 4) is 0 Å². The molecule has 0 spiro atoms. The van der Waals surface area contributed by atoms with Crippen molar-refractivity contribution in [3.05, 3.63) is 0 Å². The van der Waals surface area contributed by atoms with Gasteiger partial charge >= 0.3 is 0 Å². The van der Waals surface area contributed by atoms with E-state index in [9.17, 15) is 4.79 Å². The molecule has 0 saturated carbocycles. The third-order valence-electron chi connectivity index (χ3n) is 3.31. The first-order chi connectivity index (χ1) is 6.81. The number of amides is 1. The van der Waals surface area contributed by atoms with Crippen LogP contribution in [0, 0.1) is 0 Å². The molecule has 0 aromatic carbocycles. The quantitative estimate of drug-likeness (QED) is 0.681. The lowest BCUT2D eigenvalue weighted by atomic mass is 10.2. The van der Waals surface area contributed by atoms with Gasteiger partial charge in [0.1, 0.15) is 0 Å². The molecule has 0 aromatic rings. The molecule has 1 atom stereocenters. The second-order valence-electron chi connectivity index (χ2n) is 4.18. The minimum absolute atomic E-state index is 0.190. The van der Waals surface area contributed by atoms with Gasteiger partial charge in [-0.15, -0.1) is 0 Å². The van der Waals surface area contributed by atoms with Crippen LogP contribution >= 0.6 is 12.6 Å². The van der Waals surface area contributed by atoms with Crippen molar-refractivity contribution in [1.29, 1.82) is 0 Å². The van der Waals surface area contributed by atoms with Crippen LogP contribution in [-0.2, 0) is 4.79 Å². The lowest BCUT2D eigenvalue weighted by Gasteiger charge is -2.23. The molecule has 80 valence electrons. The first-order valence-corrected chi connectivity index (χ1v) is 6.07. The molecule has 4 heteroatoms. The number of hydrogen-bond acceptors (Lipinski definition) is 3. The Morgan fingerprint density at radius 1 is 1.29 bits per heavy atom. The van der Waals surface area contributed by atoms with Crippen LogP contribution < -0.4 is 0 Å². The molecule has 1 amide bonds. The Balaban J connectivity index is 1.84. The van der Waals surface area contributed by atoms with Crippen molar-refractivity contribution in [1.82, 2.24) is 9.80 Å². The number of carbonyl (C=O) groups excluding carboxylic acids is 1. The zero-order valence-electron chi connectivity index (χ0n) is 8.48. The summed E-state index contributed by atoms with van der Waals surface area (Å²) >= 11 is 4.03. The van der Waals surface area contributed by atoms with Gasteiger partial charge in [0.15, 0.2) is 0 Å². The summed E-state index contributed by atoms with van der Waals surface area (Å²) in [6.45, 7) is 4.32. The predicted molar refractivity (Wildman–Crippen MR) is 59.6 cm³/mol. The Hall–Kier alpha value is -0.220. The van der Waals surface area contributed by atoms with Gasteiger partial charge in [0.05, 0.1) is 5.75 Å². The first kappa shape index (κ1) is 10.3. The molecular weight excluding hydrogens is 196 g/mol. The van der Waals surface area contributed by atoms with E-state index in [0.29, 0.717) is 11.8 Å². The Kier molecular flexibility index (Phi) is 3.34. The number of nitrogens with zero attached hydrogens (tertiary/aromatic N) is 2. The first-order valence-electron chi connectivity index (χ1n) is 5.44. The Morgan fingerprint density at radius 3 is 2.64 bits per heavy atom. The molecule has 0 radical (unpaired) electrons. The van der Waals surface area contributed by atoms with Crippen molar-refractivity contribution >= 4 is 18.5 Å². The van der Waals surface area contributed by atoms with Crippen LogP contribution in [0.1, 0.15) is 19.3 Å². The zero-order chi connectivity index (χ0) is 9.97. The molecule has 1 unspecified atom stereocenters. The summed E-state index contributed by atoms with van der Waals surface area (Å²) in [7, 11) is 0. The summed E-state index contributed by atoms with van der Waals surface area (Å²) < 4.78 is 0. The summed E-state index contributed by atoms with van der Waals surface area (Å²) in [6.07, 6.45) is 3.81. The van der Waals surface area contributed by atoms with Crippen LogP contribution in [0.3, 0.4) is 0 Å². The van der Waals surface area contributed by atoms with Gasteiger partial charge < -0.3 is 4.90 Å². The van der Waals surface area contributed by atoms with Gasteiger partial charge in [-0.2, -0.15) is 12.6 Å². The van der Waals surface area contributed by atoms with Gasteiger partial charge in [-0.25, -0.2) is 0 Å². The van der Waals surface area contributed by atoms with Crippen molar-refractivity contribution in [3.63, 3.8) is 0 Å². The fourth-order valence-corrected chi connectivity index (χ4v) is 2.67. The van der Waals surface area contributed by atoms with Crippen LogP contribution in [0.4, 0.5) is 0 Å². The van der Waals surface area contributed by atoms with Gasteiger partial charge in [0.25, 0.3) is 0 Å². The smallest absolute Gasteiger partial charge is 0.232 e. The second-order valence-corrected chi connectivity index (χ2v) is 4.50. The van der Waals surface area contributed by atoms with E-state index < -0.39 is 0 Å². The molecule has 2 rings (SSSR count). The van der Waals surface area contributed by atoms with E-state index in [-0.39, 0.29) is 5.91 Å². The van der Waals surface area contributed by atoms with E-state index in [4.69, 9.17) is 0 Å². The third-order valence-corrected chi connectivity index (χ3v) is 3.58. The maximum absolute atomic E-state index is 11.4. The van der Waals surface area contributed by atoms with Crippen molar-refractivity contribution in [2.24, 2.45) is 0 Å². The van der Waals surface area contributed by atoms with Gasteiger partial charge in [0.2, 0.25) is 5.91 Å². The van der Waals surface area contributed by atoms with Gasteiger partial charge in [-0.3, -0.25) is 9.69 Å². The molecule has 0 aromatic heterocycles.